The zero-order valence-corrected chi connectivity index (χ0v) is 19.0. The van der Waals surface area contributed by atoms with Gasteiger partial charge in [0.05, 0.1) is 0 Å². The molecule has 2 aliphatic rings. The van der Waals surface area contributed by atoms with Gasteiger partial charge in [-0.3, -0.25) is 9.89 Å². The third kappa shape index (κ3) is 8.42. The molecule has 6 nitrogen and oxygen atoms in total. The van der Waals surface area contributed by atoms with E-state index in [1.54, 1.807) is 0 Å². The minimum atomic E-state index is 0.474. The SMILES string of the molecule is CN=C(NCCCOCC1CCOCC1)NC1CCN(Cc2ccc(Cl)cc2)CC1. The Labute approximate surface area is 186 Å². The molecule has 2 aliphatic heterocycles. The van der Waals surface area contributed by atoms with Crippen molar-refractivity contribution in [3.05, 3.63) is 34.9 Å². The van der Waals surface area contributed by atoms with Crippen molar-refractivity contribution in [3.63, 3.8) is 0 Å². The van der Waals surface area contributed by atoms with Gasteiger partial charge in [-0.05, 0) is 55.7 Å². The van der Waals surface area contributed by atoms with E-state index in [0.717, 1.165) is 95.7 Å². The summed E-state index contributed by atoms with van der Waals surface area (Å²) in [6.07, 6.45) is 5.51. The van der Waals surface area contributed by atoms with Gasteiger partial charge in [-0.2, -0.15) is 0 Å². The second-order valence-electron chi connectivity index (χ2n) is 8.30. The number of likely N-dealkylation sites (tertiary alicyclic amines) is 1. The van der Waals surface area contributed by atoms with Crippen molar-refractivity contribution in [1.29, 1.82) is 0 Å². The average Bonchev–Trinajstić information content (AvgIpc) is 2.78. The van der Waals surface area contributed by atoms with E-state index in [1.165, 1.54) is 5.56 Å². The molecule has 2 fully saturated rings. The van der Waals surface area contributed by atoms with Gasteiger partial charge in [0.25, 0.3) is 0 Å². The minimum absolute atomic E-state index is 0.474. The fraction of sp³-hybridized carbons (Fsp3) is 0.696. The van der Waals surface area contributed by atoms with Crippen LogP contribution >= 0.6 is 11.6 Å². The van der Waals surface area contributed by atoms with Gasteiger partial charge in [-0.15, -0.1) is 0 Å². The quantitative estimate of drug-likeness (QED) is 0.353. The van der Waals surface area contributed by atoms with Crippen molar-refractivity contribution in [1.82, 2.24) is 15.5 Å². The summed E-state index contributed by atoms with van der Waals surface area (Å²) in [5.41, 5.74) is 1.32. The van der Waals surface area contributed by atoms with Gasteiger partial charge in [0, 0.05) is 70.7 Å². The summed E-state index contributed by atoms with van der Waals surface area (Å²) in [6, 6.07) is 8.65. The Bertz CT molecular complexity index is 627. The van der Waals surface area contributed by atoms with Crippen molar-refractivity contribution in [2.45, 2.75) is 44.7 Å². The van der Waals surface area contributed by atoms with E-state index in [9.17, 15) is 0 Å². The Kier molecular flexibility index (Phi) is 10.2. The standard InChI is InChI=1S/C23H37ClN4O2/c1-25-23(26-11-2-14-30-18-20-9-15-29-16-10-20)27-22-7-12-28(13-8-22)17-19-3-5-21(24)6-4-19/h3-6,20,22H,2,7-18H2,1H3,(H2,25,26,27). The van der Waals surface area contributed by atoms with E-state index in [0.29, 0.717) is 12.0 Å². The van der Waals surface area contributed by atoms with Gasteiger partial charge >= 0.3 is 0 Å². The summed E-state index contributed by atoms with van der Waals surface area (Å²) in [4.78, 5) is 6.89. The Balaban J connectivity index is 1.24. The highest BCUT2D eigenvalue weighted by atomic mass is 35.5. The highest BCUT2D eigenvalue weighted by Gasteiger charge is 2.20. The maximum atomic E-state index is 5.98. The first-order valence-corrected chi connectivity index (χ1v) is 11.7. The maximum absolute atomic E-state index is 5.98. The smallest absolute Gasteiger partial charge is 0.191 e. The molecule has 0 amide bonds. The summed E-state index contributed by atoms with van der Waals surface area (Å²) in [7, 11) is 1.84. The summed E-state index contributed by atoms with van der Waals surface area (Å²) in [5, 5.41) is 7.80. The zero-order valence-electron chi connectivity index (χ0n) is 18.2. The number of nitrogens with zero attached hydrogens (tertiary/aromatic N) is 2. The topological polar surface area (TPSA) is 58.1 Å². The molecule has 7 heteroatoms. The number of piperidine rings is 1. The zero-order chi connectivity index (χ0) is 21.0. The average molecular weight is 437 g/mol. The molecule has 0 unspecified atom stereocenters. The van der Waals surface area contributed by atoms with Crippen LogP contribution in [0.2, 0.25) is 5.02 Å². The predicted octanol–water partition coefficient (Wildman–Crippen LogP) is 3.30. The number of aliphatic imine (C=N–C) groups is 1. The van der Waals surface area contributed by atoms with Crippen LogP contribution in [-0.4, -0.2) is 70.0 Å². The summed E-state index contributed by atoms with van der Waals surface area (Å²) in [5.74, 6) is 1.57. The molecule has 0 aromatic heterocycles. The van der Waals surface area contributed by atoms with Crippen LogP contribution in [0.15, 0.2) is 29.3 Å². The number of hydrogen-bond donors (Lipinski definition) is 2. The third-order valence-corrected chi connectivity index (χ3v) is 6.18. The first kappa shape index (κ1) is 23.3. The molecule has 0 spiro atoms. The van der Waals surface area contributed by atoms with E-state index < -0.39 is 0 Å². The highest BCUT2D eigenvalue weighted by Crippen LogP contribution is 2.16. The molecule has 0 aliphatic carbocycles. The molecule has 0 bridgehead atoms. The lowest BCUT2D eigenvalue weighted by atomic mass is 10.0. The van der Waals surface area contributed by atoms with Crippen LogP contribution in [0.25, 0.3) is 0 Å². The van der Waals surface area contributed by atoms with Gasteiger partial charge < -0.3 is 20.1 Å². The van der Waals surface area contributed by atoms with Gasteiger partial charge in [-0.1, -0.05) is 23.7 Å². The Morgan fingerprint density at radius 2 is 1.90 bits per heavy atom. The lowest BCUT2D eigenvalue weighted by molar-refractivity contribution is 0.0203. The maximum Gasteiger partial charge on any atom is 0.191 e. The number of guanidine groups is 1. The fourth-order valence-electron chi connectivity index (χ4n) is 4.02. The fourth-order valence-corrected chi connectivity index (χ4v) is 4.14. The van der Waals surface area contributed by atoms with Crippen LogP contribution in [0, 0.1) is 5.92 Å². The summed E-state index contributed by atoms with van der Waals surface area (Å²) in [6.45, 7) is 7.49. The molecule has 0 saturated carbocycles. The van der Waals surface area contributed by atoms with E-state index in [1.807, 2.05) is 19.2 Å². The van der Waals surface area contributed by atoms with Crippen molar-refractivity contribution in [2.75, 3.05) is 53.1 Å². The van der Waals surface area contributed by atoms with Gasteiger partial charge in [-0.25, -0.2) is 0 Å². The van der Waals surface area contributed by atoms with E-state index in [-0.39, 0.29) is 0 Å². The number of ether oxygens (including phenoxy) is 2. The van der Waals surface area contributed by atoms with Crippen LogP contribution < -0.4 is 10.6 Å². The molecular weight excluding hydrogens is 400 g/mol. The van der Waals surface area contributed by atoms with Gasteiger partial charge in [0.15, 0.2) is 5.96 Å². The molecule has 2 saturated heterocycles. The minimum Gasteiger partial charge on any atom is -0.381 e. The Hall–Kier alpha value is -1.34. The summed E-state index contributed by atoms with van der Waals surface area (Å²) >= 11 is 5.98. The molecule has 3 rings (SSSR count). The van der Waals surface area contributed by atoms with Crippen molar-refractivity contribution < 1.29 is 9.47 Å². The van der Waals surface area contributed by atoms with E-state index in [4.69, 9.17) is 21.1 Å². The Morgan fingerprint density at radius 1 is 1.17 bits per heavy atom. The lowest BCUT2D eigenvalue weighted by Gasteiger charge is -2.33. The van der Waals surface area contributed by atoms with Crippen LogP contribution in [0.1, 0.15) is 37.7 Å². The normalized spacial score (nSPS) is 19.7. The van der Waals surface area contributed by atoms with Crippen molar-refractivity contribution in [2.24, 2.45) is 10.9 Å². The molecule has 2 N–H and O–H groups in total. The Morgan fingerprint density at radius 3 is 2.60 bits per heavy atom. The molecule has 1 aromatic rings. The van der Waals surface area contributed by atoms with Crippen LogP contribution in [0.4, 0.5) is 0 Å². The molecule has 2 heterocycles. The number of benzene rings is 1. The summed E-state index contributed by atoms with van der Waals surface area (Å²) < 4.78 is 11.2. The first-order valence-electron chi connectivity index (χ1n) is 11.3. The van der Waals surface area contributed by atoms with Crippen molar-refractivity contribution in [3.8, 4) is 0 Å². The van der Waals surface area contributed by atoms with E-state index >= 15 is 0 Å². The first-order chi connectivity index (χ1) is 14.7. The number of rotatable bonds is 9. The lowest BCUT2D eigenvalue weighted by Crippen LogP contribution is -2.48. The van der Waals surface area contributed by atoms with Crippen molar-refractivity contribution >= 4 is 17.6 Å². The number of hydrogen-bond acceptors (Lipinski definition) is 4. The number of halogens is 1. The van der Waals surface area contributed by atoms with Gasteiger partial charge in [0.1, 0.15) is 0 Å². The molecule has 0 radical (unpaired) electrons. The number of nitrogens with one attached hydrogen (secondary N) is 2. The van der Waals surface area contributed by atoms with E-state index in [2.05, 4.69) is 32.7 Å². The second-order valence-corrected chi connectivity index (χ2v) is 8.74. The van der Waals surface area contributed by atoms with Crippen LogP contribution in [0.5, 0.6) is 0 Å². The molecule has 30 heavy (non-hydrogen) atoms. The van der Waals surface area contributed by atoms with Crippen LogP contribution in [-0.2, 0) is 16.0 Å². The largest absolute Gasteiger partial charge is 0.381 e. The predicted molar refractivity (Wildman–Crippen MR) is 123 cm³/mol. The van der Waals surface area contributed by atoms with Gasteiger partial charge in [0.2, 0.25) is 0 Å². The highest BCUT2D eigenvalue weighted by molar-refractivity contribution is 6.30. The third-order valence-electron chi connectivity index (χ3n) is 5.92. The molecule has 168 valence electrons. The molecular formula is C23H37ClN4O2. The molecule has 0 atom stereocenters. The van der Waals surface area contributed by atoms with Crippen LogP contribution in [0.3, 0.4) is 0 Å². The second kappa shape index (κ2) is 13.2. The monoisotopic (exact) mass is 436 g/mol. The molecule has 1 aromatic carbocycles.